The highest BCUT2D eigenvalue weighted by atomic mass is 19.1. The number of aryl methyl sites for hydroxylation is 1. The third-order valence-corrected chi connectivity index (χ3v) is 4.80. The summed E-state index contributed by atoms with van der Waals surface area (Å²) in [6, 6.07) is 12.7. The van der Waals surface area contributed by atoms with E-state index in [1.54, 1.807) is 0 Å². The monoisotopic (exact) mass is 338 g/mol. The second kappa shape index (κ2) is 7.64. The van der Waals surface area contributed by atoms with Crippen molar-refractivity contribution in [2.75, 3.05) is 6.61 Å². The number of hydrogen-bond donors (Lipinski definition) is 0. The third-order valence-electron chi connectivity index (χ3n) is 4.80. The number of aldehydes is 1. The first-order chi connectivity index (χ1) is 12.1. The van der Waals surface area contributed by atoms with Crippen molar-refractivity contribution in [2.45, 2.75) is 33.1 Å². The van der Waals surface area contributed by atoms with Crippen molar-refractivity contribution in [3.05, 3.63) is 70.5 Å². The fourth-order valence-corrected chi connectivity index (χ4v) is 3.33. The molecule has 0 heterocycles. The molecule has 2 aromatic rings. The van der Waals surface area contributed by atoms with Crippen LogP contribution in [-0.4, -0.2) is 12.9 Å². The Morgan fingerprint density at radius 3 is 2.64 bits per heavy atom. The van der Waals surface area contributed by atoms with E-state index in [9.17, 15) is 9.18 Å². The fourth-order valence-electron chi connectivity index (χ4n) is 3.33. The number of halogens is 1. The van der Waals surface area contributed by atoms with Gasteiger partial charge in [-0.15, -0.1) is 0 Å². The molecule has 0 spiro atoms. The molecule has 0 aliphatic heterocycles. The summed E-state index contributed by atoms with van der Waals surface area (Å²) in [6.07, 6.45) is 3.51. The predicted molar refractivity (Wildman–Crippen MR) is 98.2 cm³/mol. The first-order valence-corrected chi connectivity index (χ1v) is 8.72. The van der Waals surface area contributed by atoms with Crippen molar-refractivity contribution in [2.24, 2.45) is 5.92 Å². The predicted octanol–water partition coefficient (Wildman–Crippen LogP) is 5.00. The molecule has 3 heteroatoms. The third kappa shape index (κ3) is 4.16. The largest absolute Gasteiger partial charge is 0.493 e. The maximum Gasteiger partial charge on any atom is 0.146 e. The van der Waals surface area contributed by atoms with Gasteiger partial charge in [0.1, 0.15) is 17.9 Å². The molecule has 25 heavy (non-hydrogen) atoms. The zero-order valence-electron chi connectivity index (χ0n) is 14.7. The van der Waals surface area contributed by atoms with Crippen LogP contribution in [0.3, 0.4) is 0 Å². The van der Waals surface area contributed by atoms with Crippen molar-refractivity contribution < 1.29 is 13.9 Å². The van der Waals surface area contributed by atoms with Crippen LogP contribution in [0.4, 0.5) is 4.39 Å². The van der Waals surface area contributed by atoms with E-state index >= 15 is 0 Å². The Kier molecular flexibility index (Phi) is 5.32. The van der Waals surface area contributed by atoms with Gasteiger partial charge in [-0.25, -0.2) is 4.39 Å². The second-order valence-electron chi connectivity index (χ2n) is 6.83. The molecule has 2 nitrogen and oxygen atoms in total. The van der Waals surface area contributed by atoms with Gasteiger partial charge in [-0.3, -0.25) is 4.79 Å². The van der Waals surface area contributed by atoms with Crippen molar-refractivity contribution in [1.29, 1.82) is 0 Å². The van der Waals surface area contributed by atoms with Crippen LogP contribution in [0.1, 0.15) is 37.0 Å². The number of carbonyl (C=O) groups excluding carboxylic acids is 1. The average Bonchev–Trinajstić information content (AvgIpc) is 2.62. The molecule has 1 aliphatic carbocycles. The molecule has 0 saturated heterocycles. The highest BCUT2D eigenvalue weighted by molar-refractivity contribution is 5.89. The van der Waals surface area contributed by atoms with E-state index < -0.39 is 0 Å². The summed E-state index contributed by atoms with van der Waals surface area (Å²) in [5.74, 6) is 1.00. The Morgan fingerprint density at radius 2 is 1.92 bits per heavy atom. The highest BCUT2D eigenvalue weighted by Crippen LogP contribution is 2.32. The van der Waals surface area contributed by atoms with Crippen molar-refractivity contribution in [1.82, 2.24) is 0 Å². The van der Waals surface area contributed by atoms with E-state index in [4.69, 9.17) is 4.74 Å². The first-order valence-electron chi connectivity index (χ1n) is 8.72. The van der Waals surface area contributed by atoms with Gasteiger partial charge in [-0.2, -0.15) is 0 Å². The summed E-state index contributed by atoms with van der Waals surface area (Å²) in [5, 5.41) is 0. The molecule has 0 amide bonds. The van der Waals surface area contributed by atoms with Gasteiger partial charge in [0, 0.05) is 0 Å². The van der Waals surface area contributed by atoms with Gasteiger partial charge in [0.2, 0.25) is 0 Å². The lowest BCUT2D eigenvalue weighted by molar-refractivity contribution is -0.105. The second-order valence-corrected chi connectivity index (χ2v) is 6.83. The van der Waals surface area contributed by atoms with Gasteiger partial charge in [0.15, 0.2) is 0 Å². The smallest absolute Gasteiger partial charge is 0.146 e. The molecule has 0 bridgehead atoms. The molecule has 3 rings (SSSR count). The Morgan fingerprint density at radius 1 is 1.16 bits per heavy atom. The van der Waals surface area contributed by atoms with Crippen LogP contribution in [0.25, 0.3) is 5.57 Å². The minimum absolute atomic E-state index is 0.205. The summed E-state index contributed by atoms with van der Waals surface area (Å²) in [7, 11) is 0. The van der Waals surface area contributed by atoms with Gasteiger partial charge in [-0.1, -0.05) is 25.1 Å². The normalized spacial score (nSPS) is 14.8. The molecular weight excluding hydrogens is 315 g/mol. The van der Waals surface area contributed by atoms with Crippen LogP contribution in [0.2, 0.25) is 0 Å². The van der Waals surface area contributed by atoms with E-state index in [0.717, 1.165) is 53.6 Å². The maximum absolute atomic E-state index is 13.0. The van der Waals surface area contributed by atoms with Crippen LogP contribution in [0, 0.1) is 11.7 Å². The number of fused-ring (bicyclic) bond motifs is 1. The van der Waals surface area contributed by atoms with E-state index in [0.29, 0.717) is 12.5 Å². The molecule has 0 fully saturated rings. The van der Waals surface area contributed by atoms with Gasteiger partial charge in [0.25, 0.3) is 0 Å². The van der Waals surface area contributed by atoms with Crippen LogP contribution in [-0.2, 0) is 17.6 Å². The highest BCUT2D eigenvalue weighted by Gasteiger charge is 2.16. The summed E-state index contributed by atoms with van der Waals surface area (Å²) in [5.41, 5.74) is 5.48. The summed E-state index contributed by atoms with van der Waals surface area (Å²) >= 11 is 0. The van der Waals surface area contributed by atoms with Crippen molar-refractivity contribution in [3.63, 3.8) is 0 Å². The van der Waals surface area contributed by atoms with E-state index in [-0.39, 0.29) is 5.82 Å². The minimum atomic E-state index is -0.205. The zero-order valence-corrected chi connectivity index (χ0v) is 14.7. The van der Waals surface area contributed by atoms with Crippen molar-refractivity contribution in [3.8, 4) is 5.75 Å². The minimum Gasteiger partial charge on any atom is -0.493 e. The summed E-state index contributed by atoms with van der Waals surface area (Å²) in [6.45, 7) is 4.75. The number of carbonyl (C=O) groups is 1. The van der Waals surface area contributed by atoms with Crippen molar-refractivity contribution >= 4 is 11.9 Å². The Bertz CT molecular complexity index is 790. The lowest BCUT2D eigenvalue weighted by Crippen LogP contribution is -2.12. The number of hydrogen-bond acceptors (Lipinski definition) is 2. The number of benzene rings is 2. The van der Waals surface area contributed by atoms with Gasteiger partial charge in [-0.05, 0) is 84.2 Å². The number of rotatable bonds is 6. The molecule has 0 saturated carbocycles. The van der Waals surface area contributed by atoms with Gasteiger partial charge < -0.3 is 4.74 Å². The van der Waals surface area contributed by atoms with E-state index in [1.165, 1.54) is 17.7 Å². The molecule has 0 unspecified atom stereocenters. The lowest BCUT2D eigenvalue weighted by atomic mass is 9.87. The molecule has 1 atom stereocenters. The van der Waals surface area contributed by atoms with E-state index in [1.807, 2.05) is 31.2 Å². The molecule has 2 aromatic carbocycles. The first kappa shape index (κ1) is 17.4. The van der Waals surface area contributed by atoms with Gasteiger partial charge in [0.05, 0.1) is 6.61 Å². The summed E-state index contributed by atoms with van der Waals surface area (Å²) in [4.78, 5) is 11.1. The average molecular weight is 338 g/mol. The lowest BCUT2D eigenvalue weighted by Gasteiger charge is -2.20. The Hall–Kier alpha value is -2.42. The SMILES string of the molecule is CC1=C(C=O)CCc2cc(OC[C@@H](C)Cc3ccc(F)cc3)ccc21. The number of allylic oxidation sites excluding steroid dienone is 2. The fraction of sp³-hybridized carbons (Fsp3) is 0.318. The molecule has 0 N–H and O–H groups in total. The quantitative estimate of drug-likeness (QED) is 0.693. The molecule has 130 valence electrons. The maximum atomic E-state index is 13.0. The Labute approximate surface area is 148 Å². The van der Waals surface area contributed by atoms with Crippen LogP contribution < -0.4 is 4.74 Å². The standard InChI is InChI=1S/C22H23FO2/c1-15(11-17-3-7-20(23)8-4-17)14-25-21-9-10-22-16(2)19(13-24)6-5-18(22)12-21/h3-4,7-10,12-13,15H,5-6,11,14H2,1-2H3/t15-/m0/s1. The molecule has 0 aromatic heterocycles. The molecular formula is C22H23FO2. The van der Waals surface area contributed by atoms with Crippen LogP contribution in [0.15, 0.2) is 48.0 Å². The van der Waals surface area contributed by atoms with Gasteiger partial charge >= 0.3 is 0 Å². The number of ether oxygens (including phenoxy) is 1. The molecule has 0 radical (unpaired) electrons. The molecule has 1 aliphatic rings. The van der Waals surface area contributed by atoms with Crippen LogP contribution in [0.5, 0.6) is 5.75 Å². The zero-order chi connectivity index (χ0) is 17.8. The Balaban J connectivity index is 1.61. The topological polar surface area (TPSA) is 26.3 Å². The van der Waals surface area contributed by atoms with E-state index in [2.05, 4.69) is 13.0 Å². The summed E-state index contributed by atoms with van der Waals surface area (Å²) < 4.78 is 18.9. The van der Waals surface area contributed by atoms with Crippen LogP contribution >= 0.6 is 0 Å².